The third kappa shape index (κ3) is 10200. The molecule has 0 saturated heterocycles. The van der Waals surface area contributed by atoms with Gasteiger partial charge in [0.1, 0.15) is 0 Å². The summed E-state index contributed by atoms with van der Waals surface area (Å²) < 4.78 is 0. The molecule has 0 aromatic heterocycles. The van der Waals surface area contributed by atoms with E-state index in [1.165, 1.54) is 0 Å². The molecule has 0 spiro atoms. The van der Waals surface area contributed by atoms with Crippen molar-refractivity contribution in [1.29, 1.82) is 0 Å². The molecule has 0 bridgehead atoms. The van der Waals surface area contributed by atoms with E-state index in [1.807, 2.05) is 0 Å². The van der Waals surface area contributed by atoms with Crippen LogP contribution in [0.15, 0.2) is 0 Å². The second kappa shape index (κ2) is 29.2. The van der Waals surface area contributed by atoms with E-state index in [-0.39, 0.29) is 57.1 Å². The third-order valence-electron chi connectivity index (χ3n) is 0. The van der Waals surface area contributed by atoms with Crippen LogP contribution in [0.4, 0.5) is 14.4 Å². The first kappa shape index (κ1) is 36.5. The Balaban J connectivity index is -0.0000000184. The Morgan fingerprint density at radius 2 is 0.600 bits per heavy atom. The molecule has 0 aliphatic rings. The van der Waals surface area contributed by atoms with Crippen molar-refractivity contribution >= 4 is 28.4 Å². The van der Waals surface area contributed by atoms with Gasteiger partial charge in [0.15, 0.2) is 0 Å². The minimum atomic E-state index is -2.33. The van der Waals surface area contributed by atoms with Crippen LogP contribution in [0.25, 0.3) is 0 Å². The molecule has 10 nitrogen and oxygen atoms in total. The van der Waals surface area contributed by atoms with Crippen LogP contribution in [0.3, 0.4) is 0 Å². The predicted molar refractivity (Wildman–Crippen MR) is 35.1 cm³/mol. The first-order chi connectivity index (χ1) is 5.20. The fraction of sp³-hybridized carbons (Fsp3) is 0. The molecule has 0 aromatic rings. The van der Waals surface area contributed by atoms with Crippen LogP contribution in [-0.2, 0) is 0 Å². The zero-order chi connectivity index (χ0) is 10.7. The van der Waals surface area contributed by atoms with E-state index in [0.717, 1.165) is 0 Å². The van der Waals surface area contributed by atoms with E-state index in [9.17, 15) is 0 Å². The van der Waals surface area contributed by atoms with Crippen LogP contribution in [0.2, 0.25) is 0 Å². The van der Waals surface area contributed by atoms with Gasteiger partial charge in [-0.2, -0.15) is 0 Å². The maximum atomic E-state index is 8.33. The van der Waals surface area contributed by atoms with Gasteiger partial charge in [0.05, 0.1) is 0 Å². The Morgan fingerprint density at radius 1 is 0.600 bits per heavy atom. The van der Waals surface area contributed by atoms with Gasteiger partial charge >= 0.3 is 41.7 Å². The third-order valence-corrected chi connectivity index (χ3v) is 0. The van der Waals surface area contributed by atoms with Gasteiger partial charge in [-0.25, -0.2) is 0 Å². The van der Waals surface area contributed by atoms with Crippen molar-refractivity contribution < 1.29 is 92.2 Å². The van der Waals surface area contributed by atoms with Crippen LogP contribution in [0, 0.1) is 41.7 Å². The van der Waals surface area contributed by atoms with Crippen LogP contribution in [-0.4, -0.2) is 23.9 Å². The quantitative estimate of drug-likeness (QED) is 0.366. The van der Waals surface area contributed by atoms with Gasteiger partial charge in [-0.15, -0.1) is 0 Å². The van der Waals surface area contributed by atoms with Gasteiger partial charge in [0.2, 0.25) is 0 Å². The monoisotopic (exact) mass is 375 g/mol. The van der Waals surface area contributed by atoms with E-state index in [1.54, 1.807) is 0 Å². The molecule has 0 heterocycles. The molecule has 0 saturated carbocycles. The van der Waals surface area contributed by atoms with Gasteiger partial charge in [0, 0.05) is 0 Å². The van der Waals surface area contributed by atoms with Crippen molar-refractivity contribution in [3.63, 3.8) is 0 Å². The number of carbonyl (C=O) groups excluding carboxylic acids is 3. The molecule has 89 valence electrons. The molecule has 0 fully saturated rings. The number of carboxylic acid groups (broad SMARTS) is 6. The van der Waals surface area contributed by atoms with E-state index in [2.05, 4.69) is 0 Å². The van der Waals surface area contributed by atoms with Crippen LogP contribution < -0.4 is 30.6 Å². The Hall–Kier alpha value is -0.423. The second-order valence-electron chi connectivity index (χ2n) is 0.750. The number of rotatable bonds is 0. The standard InChI is InChI=1S/3CH2O3.Ce.H2O.H6P/c3*2-1(3)4;;;/h3*(H2,2,3,4);;1H2;1H6/q;;;+3;;+3/p-6. The van der Waals surface area contributed by atoms with Crippen molar-refractivity contribution in [3.05, 3.63) is 0 Å². The molecule has 0 aromatic carbocycles. The van der Waals surface area contributed by atoms with Gasteiger partial charge in [-0.3, -0.25) is 9.90 Å². The molecule has 2 N–H and O–H groups in total. The number of carbonyl (C=O) groups is 3. The van der Waals surface area contributed by atoms with Crippen molar-refractivity contribution in [3.8, 4) is 0 Å². The fourth-order valence-corrected chi connectivity index (χ4v) is 0. The van der Waals surface area contributed by atoms with Crippen LogP contribution in [0.5, 0.6) is 0 Å². The molecule has 0 unspecified atom stereocenters. The minimum absolute atomic E-state index is 0. The first-order valence-corrected chi connectivity index (χ1v) is 1.84. The first-order valence-electron chi connectivity index (χ1n) is 1.84. The Kier molecular flexibility index (Phi) is 71.1. The maximum absolute atomic E-state index is 8.33. The van der Waals surface area contributed by atoms with E-state index < -0.39 is 18.5 Å². The Labute approximate surface area is 120 Å². The summed E-state index contributed by atoms with van der Waals surface area (Å²) in [6.45, 7) is 0. The summed E-state index contributed by atoms with van der Waals surface area (Å²) in [4.78, 5) is 25.0. The molecule has 0 aliphatic heterocycles. The predicted octanol–water partition coefficient (Wildman–Crippen LogP) is -8.91. The van der Waals surface area contributed by atoms with Crippen molar-refractivity contribution in [2.45, 2.75) is 0 Å². The van der Waals surface area contributed by atoms with Crippen LogP contribution in [0.1, 0.15) is 0 Å². The Bertz CT molecular complexity index is 118. The summed E-state index contributed by atoms with van der Waals surface area (Å²) in [5.41, 5.74) is 0. The van der Waals surface area contributed by atoms with E-state index >= 15 is 0 Å². The van der Waals surface area contributed by atoms with Crippen molar-refractivity contribution in [1.82, 2.24) is 0 Å². The topological polar surface area (TPSA) is 221 Å². The molecule has 12 heteroatoms. The van der Waals surface area contributed by atoms with E-state index in [0.29, 0.717) is 0 Å². The second-order valence-corrected chi connectivity index (χ2v) is 0.750. The number of hydrogen-bond acceptors (Lipinski definition) is 9. The van der Waals surface area contributed by atoms with Crippen LogP contribution >= 0.6 is 9.90 Å². The molecule has 0 aliphatic carbocycles. The molecule has 1 radical (unpaired) electrons. The minimum Gasteiger partial charge on any atom is -0.652 e. The molecule has 0 amide bonds. The summed E-state index contributed by atoms with van der Waals surface area (Å²) in [6, 6.07) is 0. The number of hydrogen-bond donors (Lipinski definition) is 0. The molecular formula is C3H8CeO10P. The molecular weight excluding hydrogens is 367 g/mol. The van der Waals surface area contributed by atoms with Crippen molar-refractivity contribution in [2.24, 2.45) is 0 Å². The average Bonchev–Trinajstić information content (AvgIpc) is 1.54. The normalized spacial score (nSPS) is 4.80. The average molecular weight is 375 g/mol. The Morgan fingerprint density at radius 3 is 0.600 bits per heavy atom. The van der Waals surface area contributed by atoms with Crippen molar-refractivity contribution in [2.75, 3.05) is 0 Å². The smallest absolute Gasteiger partial charge is 0.652 e. The van der Waals surface area contributed by atoms with Gasteiger partial charge < -0.3 is 50.5 Å². The largest absolute Gasteiger partial charge is 3.00 e. The summed E-state index contributed by atoms with van der Waals surface area (Å²) in [5, 5.41) is 50.0. The summed E-state index contributed by atoms with van der Waals surface area (Å²) in [6.07, 6.45) is -7.00. The molecule has 0 rings (SSSR count). The zero-order valence-electron chi connectivity index (χ0n) is 6.17. The fourth-order valence-electron chi connectivity index (χ4n) is 0. The van der Waals surface area contributed by atoms with Gasteiger partial charge in [-0.1, -0.05) is 0 Å². The SMILES string of the molecule is O.O=C([O-])[O-].O=C([O-])[O-].O=C([O-])[O-].[Ce+3].[PH6+3]. The summed E-state index contributed by atoms with van der Waals surface area (Å²) in [5.74, 6) is 0. The summed E-state index contributed by atoms with van der Waals surface area (Å²) in [7, 11) is 0. The molecule has 0 atom stereocenters. The van der Waals surface area contributed by atoms with Gasteiger partial charge in [-0.05, 0) is 18.5 Å². The zero-order valence-corrected chi connectivity index (χ0v) is 9.31. The van der Waals surface area contributed by atoms with E-state index in [4.69, 9.17) is 45.0 Å². The summed E-state index contributed by atoms with van der Waals surface area (Å²) >= 11 is 0. The maximum Gasteiger partial charge on any atom is 3.00 e. The molecule has 15 heavy (non-hydrogen) atoms. The van der Waals surface area contributed by atoms with Gasteiger partial charge in [0.25, 0.3) is 0 Å².